The van der Waals surface area contributed by atoms with Crippen molar-refractivity contribution in [1.82, 2.24) is 0 Å². The number of anilines is 2. The highest BCUT2D eigenvalue weighted by molar-refractivity contribution is 6.05. The maximum atomic E-state index is 2.62. The summed E-state index contributed by atoms with van der Waals surface area (Å²) in [6.45, 7) is 2.41. The van der Waals surface area contributed by atoms with Crippen LogP contribution >= 0.6 is 0 Å². The van der Waals surface area contributed by atoms with Crippen LogP contribution in [0.5, 0.6) is 0 Å². The molecule has 0 spiro atoms. The summed E-state index contributed by atoms with van der Waals surface area (Å²) in [5, 5.41) is 5.10. The molecule has 0 saturated carbocycles. The minimum absolute atomic E-state index is 0.0434. The van der Waals surface area contributed by atoms with Gasteiger partial charge in [-0.25, -0.2) is 0 Å². The highest BCUT2D eigenvalue weighted by Gasteiger charge is 2.34. The summed E-state index contributed by atoms with van der Waals surface area (Å²) in [5.41, 5.74) is 11.6. The fourth-order valence-electron chi connectivity index (χ4n) is 8.16. The van der Waals surface area contributed by atoms with Gasteiger partial charge in [-0.05, 0) is 74.7 Å². The Morgan fingerprint density at radius 1 is 0.468 bits per heavy atom. The highest BCUT2D eigenvalue weighted by Crippen LogP contribution is 2.53. The van der Waals surface area contributed by atoms with Crippen LogP contribution in [-0.2, 0) is 0 Å². The first-order valence-electron chi connectivity index (χ1n) is 16.7. The van der Waals surface area contributed by atoms with Crippen molar-refractivity contribution in [2.45, 2.75) is 24.8 Å². The minimum Gasteiger partial charge on any atom is -0.333 e. The third-order valence-electron chi connectivity index (χ3n) is 10.3. The second kappa shape index (κ2) is 11.3. The van der Waals surface area contributed by atoms with E-state index in [0.29, 0.717) is 0 Å². The van der Waals surface area contributed by atoms with Crippen LogP contribution in [0.2, 0.25) is 0 Å². The third-order valence-corrected chi connectivity index (χ3v) is 10.3. The zero-order valence-electron chi connectivity index (χ0n) is 26.4. The second-order valence-corrected chi connectivity index (χ2v) is 12.8. The summed E-state index contributed by atoms with van der Waals surface area (Å²) in [4.78, 5) is 2.62. The van der Waals surface area contributed by atoms with Gasteiger partial charge >= 0.3 is 0 Å². The van der Waals surface area contributed by atoms with Crippen molar-refractivity contribution < 1.29 is 0 Å². The summed E-state index contributed by atoms with van der Waals surface area (Å²) in [5.74, 6) is 0.387. The summed E-state index contributed by atoms with van der Waals surface area (Å²) >= 11 is 0. The Bertz CT molecular complexity index is 2330. The zero-order valence-corrected chi connectivity index (χ0v) is 26.4. The predicted octanol–water partition coefficient (Wildman–Crippen LogP) is 12.5. The normalized spacial score (nSPS) is 18.3. The van der Waals surface area contributed by atoms with Crippen molar-refractivity contribution in [2.75, 3.05) is 4.90 Å². The van der Waals surface area contributed by atoms with Gasteiger partial charge in [-0.15, -0.1) is 0 Å². The summed E-state index contributed by atoms with van der Waals surface area (Å²) in [7, 11) is 0. The molecule has 1 nitrogen and oxygen atoms in total. The van der Waals surface area contributed by atoms with Crippen LogP contribution in [0, 0.1) is 0 Å². The first kappa shape index (κ1) is 27.6. The first-order valence-corrected chi connectivity index (χ1v) is 16.7. The van der Waals surface area contributed by atoms with E-state index in [9.17, 15) is 0 Å². The van der Waals surface area contributed by atoms with E-state index in [4.69, 9.17) is 0 Å². The van der Waals surface area contributed by atoms with E-state index < -0.39 is 0 Å². The molecule has 0 radical (unpaired) electrons. The average molecular weight is 602 g/mol. The van der Waals surface area contributed by atoms with Crippen molar-refractivity contribution in [1.29, 1.82) is 0 Å². The number of hydrogen-bond acceptors (Lipinski definition) is 1. The zero-order chi connectivity index (χ0) is 31.3. The average Bonchev–Trinajstić information content (AvgIpc) is 3.15. The molecule has 7 aromatic rings. The summed E-state index contributed by atoms with van der Waals surface area (Å²) in [6, 6.07) is 56.2. The Hall–Kier alpha value is -5.66. The first-order chi connectivity index (χ1) is 23.3. The standard InChI is InChI=1S/C46H35N/c1-31-45-37-20-10-8-16-33(37)24-28-42(45)40-23-13-12-22-39(40)41-27-26-35(32-14-4-2-5-15-32)30-44(41)43-29-25-34-17-9-11-21-38(34)46(43)47(31)36-18-6-3-7-19-36/h2-31,39-40H,1H3. The lowest BCUT2D eigenvalue weighted by molar-refractivity contribution is 0.695. The monoisotopic (exact) mass is 601 g/mol. The molecule has 7 aromatic carbocycles. The lowest BCUT2D eigenvalue weighted by atomic mass is 9.72. The number of allylic oxidation sites excluding steroid dienone is 4. The topological polar surface area (TPSA) is 3.24 Å². The van der Waals surface area contributed by atoms with Crippen molar-refractivity contribution >= 4 is 32.9 Å². The molecule has 3 unspecified atom stereocenters. The van der Waals surface area contributed by atoms with E-state index in [0.717, 1.165) is 0 Å². The maximum Gasteiger partial charge on any atom is 0.0575 e. The molecule has 47 heavy (non-hydrogen) atoms. The SMILES string of the molecule is CC1c2c(ccc3ccccc23)C2C=CC=CC2c2ccc(-c3ccccc3)cc2-c2ccc3ccccc3c2N1c1ccccc1. The Kier molecular flexibility index (Phi) is 6.64. The van der Waals surface area contributed by atoms with Crippen LogP contribution in [-0.4, -0.2) is 0 Å². The number of para-hydroxylation sites is 1. The molecule has 0 N–H and O–H groups in total. The largest absolute Gasteiger partial charge is 0.333 e. The Morgan fingerprint density at radius 3 is 1.83 bits per heavy atom. The number of nitrogens with zero attached hydrogens (tertiary/aromatic N) is 1. The van der Waals surface area contributed by atoms with Gasteiger partial charge in [-0.2, -0.15) is 0 Å². The van der Waals surface area contributed by atoms with Gasteiger partial charge in [-0.3, -0.25) is 0 Å². The van der Waals surface area contributed by atoms with Gasteiger partial charge in [0.15, 0.2) is 0 Å². The fourth-order valence-corrected chi connectivity index (χ4v) is 8.16. The number of benzene rings is 7. The van der Waals surface area contributed by atoms with Gasteiger partial charge in [0.1, 0.15) is 0 Å². The Balaban J connectivity index is 1.46. The fraction of sp³-hybridized carbons (Fsp3) is 0.0870. The van der Waals surface area contributed by atoms with E-state index in [2.05, 4.69) is 188 Å². The van der Waals surface area contributed by atoms with Gasteiger partial charge in [-0.1, -0.05) is 158 Å². The van der Waals surface area contributed by atoms with Crippen molar-refractivity contribution in [3.05, 3.63) is 193 Å². The Morgan fingerprint density at radius 2 is 1.06 bits per heavy atom. The predicted molar refractivity (Wildman–Crippen MR) is 200 cm³/mol. The molecule has 0 amide bonds. The van der Waals surface area contributed by atoms with Crippen LogP contribution in [0.4, 0.5) is 11.4 Å². The Labute approximate surface area is 276 Å². The van der Waals surface area contributed by atoms with E-state index in [1.165, 1.54) is 71.9 Å². The van der Waals surface area contributed by atoms with Crippen LogP contribution in [0.15, 0.2) is 176 Å². The minimum atomic E-state index is 0.0434. The molecule has 1 heteroatoms. The van der Waals surface area contributed by atoms with E-state index >= 15 is 0 Å². The second-order valence-electron chi connectivity index (χ2n) is 12.8. The molecular formula is C46H35N. The van der Waals surface area contributed by atoms with Crippen molar-refractivity contribution in [3.8, 4) is 22.3 Å². The van der Waals surface area contributed by atoms with Crippen LogP contribution < -0.4 is 4.90 Å². The molecule has 0 saturated heterocycles. The molecule has 2 aliphatic rings. The molecule has 3 atom stereocenters. The van der Waals surface area contributed by atoms with Gasteiger partial charge < -0.3 is 4.90 Å². The van der Waals surface area contributed by atoms with Gasteiger partial charge in [0.25, 0.3) is 0 Å². The lowest BCUT2D eigenvalue weighted by Crippen LogP contribution is -2.26. The molecule has 1 aliphatic heterocycles. The van der Waals surface area contributed by atoms with E-state index in [1.54, 1.807) is 0 Å². The number of hydrogen-bond donors (Lipinski definition) is 0. The summed E-state index contributed by atoms with van der Waals surface area (Å²) < 4.78 is 0. The molecule has 0 aromatic heterocycles. The van der Waals surface area contributed by atoms with Crippen LogP contribution in [0.3, 0.4) is 0 Å². The smallest absolute Gasteiger partial charge is 0.0575 e. The lowest BCUT2D eigenvalue weighted by Gasteiger charge is -2.39. The van der Waals surface area contributed by atoms with Crippen LogP contribution in [0.1, 0.15) is 41.5 Å². The van der Waals surface area contributed by atoms with Crippen molar-refractivity contribution in [3.63, 3.8) is 0 Å². The van der Waals surface area contributed by atoms with E-state index in [-0.39, 0.29) is 17.9 Å². The number of fused-ring (bicyclic) bond motifs is 11. The molecule has 1 heterocycles. The number of rotatable bonds is 2. The molecular weight excluding hydrogens is 567 g/mol. The van der Waals surface area contributed by atoms with Gasteiger partial charge in [0.05, 0.1) is 11.7 Å². The maximum absolute atomic E-state index is 2.62. The van der Waals surface area contributed by atoms with Gasteiger partial charge in [0, 0.05) is 28.5 Å². The molecule has 0 fully saturated rings. The van der Waals surface area contributed by atoms with Gasteiger partial charge in [0.2, 0.25) is 0 Å². The molecule has 0 bridgehead atoms. The quantitative estimate of drug-likeness (QED) is 0.191. The molecule has 9 rings (SSSR count). The van der Waals surface area contributed by atoms with Crippen molar-refractivity contribution in [2.24, 2.45) is 0 Å². The summed E-state index contributed by atoms with van der Waals surface area (Å²) in [6.07, 6.45) is 9.33. The molecule has 224 valence electrons. The molecule has 1 aliphatic carbocycles. The van der Waals surface area contributed by atoms with E-state index in [1.807, 2.05) is 0 Å². The third kappa shape index (κ3) is 4.54. The highest BCUT2D eigenvalue weighted by atomic mass is 15.2. The van der Waals surface area contributed by atoms with Crippen LogP contribution in [0.25, 0.3) is 43.8 Å².